The molecule has 0 unspecified atom stereocenters. The maximum Gasteiger partial charge on any atom is 0.0701 e. The molecule has 0 aromatic heterocycles. The van der Waals surface area contributed by atoms with Crippen LogP contribution >= 0.6 is 0 Å². The first-order valence-corrected chi connectivity index (χ1v) is 8.36. The van der Waals surface area contributed by atoms with Gasteiger partial charge in [-0.15, -0.1) is 0 Å². The Morgan fingerprint density at radius 1 is 0.545 bits per heavy atom. The summed E-state index contributed by atoms with van der Waals surface area (Å²) in [5, 5.41) is 16.7. The van der Waals surface area contributed by atoms with Crippen LogP contribution in [0.4, 0.5) is 0 Å². The number of hydrogen-bond donors (Lipinski definition) is 2. The van der Waals surface area contributed by atoms with Gasteiger partial charge in [0.2, 0.25) is 0 Å². The van der Waals surface area contributed by atoms with Crippen molar-refractivity contribution >= 4 is 0 Å². The lowest BCUT2D eigenvalue weighted by Gasteiger charge is -2.04. The molecule has 0 fully saturated rings. The van der Waals surface area contributed by atoms with Gasteiger partial charge in [0.1, 0.15) is 0 Å². The van der Waals surface area contributed by atoms with Gasteiger partial charge in [0, 0.05) is 13.2 Å². The van der Waals surface area contributed by atoms with Crippen LogP contribution < -0.4 is 0 Å². The first-order valence-electron chi connectivity index (χ1n) is 8.36. The lowest BCUT2D eigenvalue weighted by molar-refractivity contribution is 0.00230. The smallest absolute Gasteiger partial charge is 0.0701 e. The lowest BCUT2D eigenvalue weighted by atomic mass is 10.2. The molecule has 0 amide bonds. The molecule has 0 bridgehead atoms. The topological polar surface area (TPSA) is 77.4 Å². The third-order valence-corrected chi connectivity index (χ3v) is 2.56. The van der Waals surface area contributed by atoms with Crippen molar-refractivity contribution in [1.82, 2.24) is 0 Å². The maximum absolute atomic E-state index is 8.36. The Bertz CT molecular complexity index is 153. The normalized spacial score (nSPS) is 10.4. The Balaban J connectivity index is 0. The maximum atomic E-state index is 8.36. The molecule has 0 atom stereocenters. The number of unbranched alkanes of at least 4 members (excludes halogenated alkanes) is 3. The third kappa shape index (κ3) is 28.0. The second kappa shape index (κ2) is 25.7. The van der Waals surface area contributed by atoms with E-state index in [4.69, 9.17) is 29.2 Å². The Kier molecular flexibility index (Phi) is 28.1. The van der Waals surface area contributed by atoms with Gasteiger partial charge in [0.05, 0.1) is 52.9 Å². The van der Waals surface area contributed by atoms with Gasteiger partial charge < -0.3 is 29.2 Å². The summed E-state index contributed by atoms with van der Waals surface area (Å²) in [6, 6.07) is 0. The molecule has 6 nitrogen and oxygen atoms in total. The van der Waals surface area contributed by atoms with Crippen molar-refractivity contribution in [3.05, 3.63) is 0 Å². The van der Waals surface area contributed by atoms with E-state index in [0.29, 0.717) is 39.6 Å². The summed E-state index contributed by atoms with van der Waals surface area (Å²) in [5.74, 6) is 0. The lowest BCUT2D eigenvalue weighted by Crippen LogP contribution is -2.11. The number of ether oxygens (including phenoxy) is 4. The molecule has 0 heterocycles. The summed E-state index contributed by atoms with van der Waals surface area (Å²) in [4.78, 5) is 0. The van der Waals surface area contributed by atoms with E-state index in [1.165, 1.54) is 25.7 Å². The van der Waals surface area contributed by atoms with Crippen LogP contribution in [0.1, 0.15) is 39.5 Å². The van der Waals surface area contributed by atoms with Crippen LogP contribution in [-0.2, 0) is 18.9 Å². The number of aliphatic hydroxyl groups is 2. The quantitative estimate of drug-likeness (QED) is 0.420. The van der Waals surface area contributed by atoms with Gasteiger partial charge in [0.15, 0.2) is 0 Å². The molecule has 0 saturated heterocycles. The molecular formula is C16H36O6. The van der Waals surface area contributed by atoms with E-state index >= 15 is 0 Å². The Hall–Kier alpha value is -0.240. The third-order valence-electron chi connectivity index (χ3n) is 2.56. The van der Waals surface area contributed by atoms with Crippen molar-refractivity contribution < 1.29 is 29.2 Å². The highest BCUT2D eigenvalue weighted by Crippen LogP contribution is 1.98. The summed E-state index contributed by atoms with van der Waals surface area (Å²) in [7, 11) is 0. The first-order chi connectivity index (χ1) is 10.8. The Morgan fingerprint density at radius 2 is 1.05 bits per heavy atom. The molecule has 0 spiro atoms. The molecule has 0 rings (SSSR count). The highest BCUT2D eigenvalue weighted by molar-refractivity contribution is 4.38. The first kappa shape index (κ1) is 24.0. The molecule has 136 valence electrons. The fourth-order valence-electron chi connectivity index (χ4n) is 1.45. The number of aliphatic hydroxyl groups excluding tert-OH is 2. The van der Waals surface area contributed by atoms with Gasteiger partial charge in [0.25, 0.3) is 0 Å². The van der Waals surface area contributed by atoms with Gasteiger partial charge >= 0.3 is 0 Å². The van der Waals surface area contributed by atoms with Crippen LogP contribution in [-0.4, -0.2) is 76.3 Å². The van der Waals surface area contributed by atoms with Gasteiger partial charge in [-0.25, -0.2) is 0 Å². The minimum absolute atomic E-state index is 0.0413. The predicted molar refractivity (Wildman–Crippen MR) is 87.3 cm³/mol. The standard InChI is InChI=1S/C8H18O5.C8H18O/c9-1-3-11-5-7-13-8-6-12-4-2-10;1-3-5-6-7-8-9-4-2/h9-10H,1-8H2;3-8H2,1-2H3. The zero-order valence-corrected chi connectivity index (χ0v) is 14.4. The second-order valence-electron chi connectivity index (χ2n) is 4.54. The molecule has 22 heavy (non-hydrogen) atoms. The van der Waals surface area contributed by atoms with Gasteiger partial charge in [-0.3, -0.25) is 0 Å². The SMILES string of the molecule is CCCCCCOCC.OCCOCCOCCOCCO. The van der Waals surface area contributed by atoms with E-state index in [-0.39, 0.29) is 13.2 Å². The molecule has 0 aliphatic heterocycles. The highest BCUT2D eigenvalue weighted by Gasteiger charge is 1.90. The van der Waals surface area contributed by atoms with E-state index in [1.807, 2.05) is 6.92 Å². The minimum Gasteiger partial charge on any atom is -0.394 e. The minimum atomic E-state index is 0.0413. The second-order valence-corrected chi connectivity index (χ2v) is 4.54. The summed E-state index contributed by atoms with van der Waals surface area (Å²) >= 11 is 0. The summed E-state index contributed by atoms with van der Waals surface area (Å²) in [5.41, 5.74) is 0. The van der Waals surface area contributed by atoms with E-state index in [2.05, 4.69) is 6.92 Å². The zero-order chi connectivity index (χ0) is 16.7. The molecule has 0 aromatic carbocycles. The average Bonchev–Trinajstić information content (AvgIpc) is 2.54. The van der Waals surface area contributed by atoms with Crippen LogP contribution in [0.3, 0.4) is 0 Å². The predicted octanol–water partition coefficient (Wildman–Crippen LogP) is 1.62. The van der Waals surface area contributed by atoms with Crippen molar-refractivity contribution in [2.45, 2.75) is 39.5 Å². The molecule has 0 radical (unpaired) electrons. The fraction of sp³-hybridized carbons (Fsp3) is 1.00. The molecule has 2 N–H and O–H groups in total. The summed E-state index contributed by atoms with van der Waals surface area (Å²) in [6.45, 7) is 8.85. The van der Waals surface area contributed by atoms with Crippen molar-refractivity contribution in [2.75, 3.05) is 66.1 Å². The number of hydrogen-bond acceptors (Lipinski definition) is 6. The molecule has 0 aliphatic carbocycles. The molecule has 0 aromatic rings. The highest BCUT2D eigenvalue weighted by atomic mass is 16.5. The van der Waals surface area contributed by atoms with E-state index < -0.39 is 0 Å². The molecule has 6 heteroatoms. The van der Waals surface area contributed by atoms with Gasteiger partial charge in [-0.2, -0.15) is 0 Å². The van der Waals surface area contributed by atoms with Gasteiger partial charge in [-0.05, 0) is 13.3 Å². The van der Waals surface area contributed by atoms with E-state index in [0.717, 1.165) is 13.2 Å². The largest absolute Gasteiger partial charge is 0.394 e. The van der Waals surface area contributed by atoms with Crippen LogP contribution in [0, 0.1) is 0 Å². The van der Waals surface area contributed by atoms with Crippen molar-refractivity contribution in [3.63, 3.8) is 0 Å². The van der Waals surface area contributed by atoms with E-state index in [1.54, 1.807) is 0 Å². The molecule has 0 aliphatic rings. The van der Waals surface area contributed by atoms with Crippen LogP contribution in [0.2, 0.25) is 0 Å². The summed E-state index contributed by atoms with van der Waals surface area (Å²) in [6.07, 6.45) is 5.23. The Labute approximate surface area is 135 Å². The van der Waals surface area contributed by atoms with Crippen LogP contribution in [0.25, 0.3) is 0 Å². The fourth-order valence-corrected chi connectivity index (χ4v) is 1.45. The Morgan fingerprint density at radius 3 is 1.45 bits per heavy atom. The van der Waals surface area contributed by atoms with Crippen molar-refractivity contribution in [3.8, 4) is 0 Å². The van der Waals surface area contributed by atoms with Crippen molar-refractivity contribution in [2.24, 2.45) is 0 Å². The van der Waals surface area contributed by atoms with Crippen LogP contribution in [0.15, 0.2) is 0 Å². The summed E-state index contributed by atoms with van der Waals surface area (Å²) < 4.78 is 20.2. The average molecular weight is 324 g/mol. The zero-order valence-electron chi connectivity index (χ0n) is 14.4. The molecular weight excluding hydrogens is 288 g/mol. The number of rotatable bonds is 16. The molecule has 0 saturated carbocycles. The van der Waals surface area contributed by atoms with E-state index in [9.17, 15) is 0 Å². The van der Waals surface area contributed by atoms with Crippen molar-refractivity contribution in [1.29, 1.82) is 0 Å². The van der Waals surface area contributed by atoms with Gasteiger partial charge in [-0.1, -0.05) is 26.2 Å². The van der Waals surface area contributed by atoms with Crippen LogP contribution in [0.5, 0.6) is 0 Å². The monoisotopic (exact) mass is 324 g/mol.